The predicted molar refractivity (Wildman–Crippen MR) is 107 cm³/mol. The third kappa shape index (κ3) is 4.44. The smallest absolute Gasteiger partial charge is 0.337 e. The number of carboxylic acid groups (broad SMARTS) is 1. The van der Waals surface area contributed by atoms with Gasteiger partial charge in [-0.3, -0.25) is 4.79 Å². The lowest BCUT2D eigenvalue weighted by molar-refractivity contribution is -0.116. The molecule has 0 aromatic heterocycles. The number of hydrogen-bond donors (Lipinski definition) is 3. The van der Waals surface area contributed by atoms with Crippen molar-refractivity contribution in [3.63, 3.8) is 0 Å². The van der Waals surface area contributed by atoms with Gasteiger partial charge in [-0.25, -0.2) is 4.79 Å². The van der Waals surface area contributed by atoms with Crippen molar-refractivity contribution < 1.29 is 14.7 Å². The van der Waals surface area contributed by atoms with Gasteiger partial charge in [0, 0.05) is 17.8 Å². The lowest BCUT2D eigenvalue weighted by Crippen LogP contribution is -2.16. The van der Waals surface area contributed by atoms with Crippen molar-refractivity contribution in [2.45, 2.75) is 25.7 Å². The minimum Gasteiger partial charge on any atom is -0.478 e. The molecule has 2 aromatic rings. The molecule has 0 fully saturated rings. The van der Waals surface area contributed by atoms with Crippen molar-refractivity contribution in [1.29, 1.82) is 0 Å². The second kappa shape index (κ2) is 8.36. The van der Waals surface area contributed by atoms with Crippen molar-refractivity contribution in [3.8, 4) is 0 Å². The number of anilines is 2. The second-order valence-corrected chi connectivity index (χ2v) is 6.39. The Bertz CT molecular complexity index is 915. The van der Waals surface area contributed by atoms with E-state index in [1.807, 2.05) is 18.2 Å². The SMILES string of the molecule is C=C/C(CCC(=O)Nc1ccccc1C(=O)O)=C1/CCc2ccccc2N1. The van der Waals surface area contributed by atoms with Gasteiger partial charge in [0.1, 0.15) is 0 Å². The molecule has 0 unspecified atom stereocenters. The zero-order valence-electron chi connectivity index (χ0n) is 15.0. The van der Waals surface area contributed by atoms with E-state index in [0.29, 0.717) is 12.1 Å². The number of allylic oxidation sites excluding steroid dienone is 3. The summed E-state index contributed by atoms with van der Waals surface area (Å²) in [5.41, 5.74) is 4.87. The summed E-state index contributed by atoms with van der Waals surface area (Å²) < 4.78 is 0. The molecule has 0 atom stereocenters. The molecule has 2 aromatic carbocycles. The molecule has 3 rings (SSSR count). The van der Waals surface area contributed by atoms with E-state index in [4.69, 9.17) is 0 Å². The second-order valence-electron chi connectivity index (χ2n) is 6.39. The lowest BCUT2D eigenvalue weighted by Gasteiger charge is -2.23. The standard InChI is InChI=1S/C22H22N2O3/c1-2-15(19-13-11-16-7-3-5-9-18(16)23-19)12-14-21(25)24-20-10-6-4-8-17(20)22(26)27/h2-10,23H,1,11-14H2,(H,24,25)(H,26,27)/b19-15+. The molecule has 0 aliphatic carbocycles. The summed E-state index contributed by atoms with van der Waals surface area (Å²) in [7, 11) is 0. The Balaban J connectivity index is 1.66. The van der Waals surface area contributed by atoms with E-state index in [2.05, 4.69) is 23.3 Å². The van der Waals surface area contributed by atoms with Crippen molar-refractivity contribution >= 4 is 23.3 Å². The molecule has 0 saturated carbocycles. The van der Waals surface area contributed by atoms with Gasteiger partial charge in [0.15, 0.2) is 0 Å². The molecule has 0 spiro atoms. The van der Waals surface area contributed by atoms with Gasteiger partial charge in [0.2, 0.25) is 5.91 Å². The molecule has 5 nitrogen and oxygen atoms in total. The zero-order valence-corrected chi connectivity index (χ0v) is 15.0. The highest BCUT2D eigenvalue weighted by Gasteiger charge is 2.16. The number of nitrogens with one attached hydrogen (secondary N) is 2. The highest BCUT2D eigenvalue weighted by molar-refractivity contribution is 6.00. The van der Waals surface area contributed by atoms with Crippen LogP contribution < -0.4 is 10.6 Å². The summed E-state index contributed by atoms with van der Waals surface area (Å²) in [5, 5.41) is 15.3. The van der Waals surface area contributed by atoms with Crippen LogP contribution in [0.4, 0.5) is 11.4 Å². The van der Waals surface area contributed by atoms with Crippen LogP contribution in [0.1, 0.15) is 35.2 Å². The molecule has 1 aliphatic rings. The summed E-state index contributed by atoms with van der Waals surface area (Å²) in [6.07, 6.45) is 4.40. The minimum atomic E-state index is -1.06. The third-order valence-electron chi connectivity index (χ3n) is 4.63. The average molecular weight is 362 g/mol. The number of carbonyl (C=O) groups is 2. The first-order valence-electron chi connectivity index (χ1n) is 8.90. The normalized spacial score (nSPS) is 14.5. The number of aryl methyl sites for hydroxylation is 1. The van der Waals surface area contributed by atoms with Crippen LogP contribution in [0.15, 0.2) is 72.5 Å². The van der Waals surface area contributed by atoms with E-state index in [0.717, 1.165) is 29.8 Å². The van der Waals surface area contributed by atoms with Crippen LogP contribution in [-0.2, 0) is 11.2 Å². The van der Waals surface area contributed by atoms with Crippen molar-refractivity contribution in [2.75, 3.05) is 10.6 Å². The largest absolute Gasteiger partial charge is 0.478 e. The number of fused-ring (bicyclic) bond motifs is 1. The Morgan fingerprint density at radius 3 is 2.59 bits per heavy atom. The number of benzene rings is 2. The summed E-state index contributed by atoms with van der Waals surface area (Å²) in [4.78, 5) is 23.6. The van der Waals surface area contributed by atoms with Gasteiger partial charge in [-0.1, -0.05) is 43.0 Å². The number of carbonyl (C=O) groups excluding carboxylic acids is 1. The fourth-order valence-electron chi connectivity index (χ4n) is 3.20. The van der Waals surface area contributed by atoms with Crippen LogP contribution in [0.25, 0.3) is 0 Å². The highest BCUT2D eigenvalue weighted by Crippen LogP contribution is 2.29. The fourth-order valence-corrected chi connectivity index (χ4v) is 3.20. The summed E-state index contributed by atoms with van der Waals surface area (Å²) in [6, 6.07) is 14.6. The maximum absolute atomic E-state index is 12.3. The summed E-state index contributed by atoms with van der Waals surface area (Å²) >= 11 is 0. The van der Waals surface area contributed by atoms with Crippen LogP contribution in [0.2, 0.25) is 0 Å². The Morgan fingerprint density at radius 2 is 1.81 bits per heavy atom. The number of hydrogen-bond acceptors (Lipinski definition) is 3. The van der Waals surface area contributed by atoms with E-state index in [-0.39, 0.29) is 17.9 Å². The number of amides is 1. The molecule has 5 heteroatoms. The topological polar surface area (TPSA) is 78.4 Å². The van der Waals surface area contributed by atoms with Crippen LogP contribution in [0.3, 0.4) is 0 Å². The molecule has 1 heterocycles. The van der Waals surface area contributed by atoms with Gasteiger partial charge in [-0.05, 0) is 48.6 Å². The van der Waals surface area contributed by atoms with Crippen molar-refractivity contribution in [1.82, 2.24) is 0 Å². The van der Waals surface area contributed by atoms with E-state index >= 15 is 0 Å². The predicted octanol–water partition coefficient (Wildman–Crippen LogP) is 4.60. The third-order valence-corrected chi connectivity index (χ3v) is 4.63. The summed E-state index contributed by atoms with van der Waals surface area (Å²) in [6.45, 7) is 3.88. The molecular formula is C22H22N2O3. The Hall–Kier alpha value is -3.34. The molecule has 1 amide bonds. The number of aromatic carboxylic acids is 1. The Labute approximate surface area is 158 Å². The zero-order chi connectivity index (χ0) is 19.2. The quantitative estimate of drug-likeness (QED) is 0.702. The van der Waals surface area contributed by atoms with E-state index in [1.165, 1.54) is 11.6 Å². The van der Waals surface area contributed by atoms with Gasteiger partial charge in [-0.2, -0.15) is 0 Å². The monoisotopic (exact) mass is 362 g/mol. The first-order chi connectivity index (χ1) is 13.1. The molecule has 27 heavy (non-hydrogen) atoms. The van der Waals surface area contributed by atoms with Crippen LogP contribution >= 0.6 is 0 Å². The Kier molecular flexibility index (Phi) is 5.71. The van der Waals surface area contributed by atoms with Crippen LogP contribution in [0, 0.1) is 0 Å². The highest BCUT2D eigenvalue weighted by atomic mass is 16.4. The molecule has 138 valence electrons. The molecule has 3 N–H and O–H groups in total. The van der Waals surface area contributed by atoms with Gasteiger partial charge in [0.25, 0.3) is 0 Å². The first-order valence-corrected chi connectivity index (χ1v) is 8.90. The average Bonchev–Trinajstić information content (AvgIpc) is 2.68. The number of para-hydroxylation sites is 2. The number of rotatable bonds is 6. The molecular weight excluding hydrogens is 340 g/mol. The molecule has 1 aliphatic heterocycles. The van der Waals surface area contributed by atoms with E-state index < -0.39 is 5.97 Å². The first kappa shape index (κ1) is 18.5. The van der Waals surface area contributed by atoms with Crippen molar-refractivity contribution in [3.05, 3.63) is 83.6 Å². The van der Waals surface area contributed by atoms with Gasteiger partial charge < -0.3 is 15.7 Å². The maximum Gasteiger partial charge on any atom is 0.337 e. The van der Waals surface area contributed by atoms with Gasteiger partial charge in [0.05, 0.1) is 11.3 Å². The van der Waals surface area contributed by atoms with Gasteiger partial charge in [-0.15, -0.1) is 0 Å². The van der Waals surface area contributed by atoms with E-state index in [1.54, 1.807) is 24.3 Å². The number of carboxylic acids is 1. The van der Waals surface area contributed by atoms with Crippen molar-refractivity contribution in [2.24, 2.45) is 0 Å². The molecule has 0 saturated heterocycles. The Morgan fingerprint density at radius 1 is 1.07 bits per heavy atom. The van der Waals surface area contributed by atoms with Crippen LogP contribution in [0.5, 0.6) is 0 Å². The van der Waals surface area contributed by atoms with Gasteiger partial charge >= 0.3 is 5.97 Å². The fraction of sp³-hybridized carbons (Fsp3) is 0.182. The molecule has 0 bridgehead atoms. The minimum absolute atomic E-state index is 0.0821. The van der Waals surface area contributed by atoms with Crippen LogP contribution in [-0.4, -0.2) is 17.0 Å². The summed E-state index contributed by atoms with van der Waals surface area (Å²) in [5.74, 6) is -1.29. The molecule has 0 radical (unpaired) electrons. The maximum atomic E-state index is 12.3. The van der Waals surface area contributed by atoms with E-state index in [9.17, 15) is 14.7 Å². The lowest BCUT2D eigenvalue weighted by atomic mass is 9.96.